The summed E-state index contributed by atoms with van der Waals surface area (Å²) in [6.07, 6.45) is 34.4. The normalized spacial score (nSPS) is 18.4. The molecule has 0 saturated heterocycles. The lowest BCUT2D eigenvalue weighted by molar-refractivity contribution is 0.517. The number of halogens is 1. The molecule has 6 nitrogen and oxygen atoms in total. The molecule has 0 spiro atoms. The van der Waals surface area contributed by atoms with Crippen molar-refractivity contribution in [2.45, 2.75) is 94.8 Å². The van der Waals surface area contributed by atoms with Gasteiger partial charge in [0.2, 0.25) is 0 Å². The Morgan fingerprint density at radius 3 is 1.80 bits per heavy atom. The van der Waals surface area contributed by atoms with Crippen LogP contribution in [0.25, 0.3) is 24.2 Å². The van der Waals surface area contributed by atoms with Crippen LogP contribution in [0, 0.1) is 93.1 Å². The monoisotopic (exact) mass is 708 g/mol. The molecule has 3 aliphatic rings. The molecule has 0 aliphatic heterocycles. The van der Waals surface area contributed by atoms with Gasteiger partial charge in [-0.3, -0.25) is 0 Å². The Morgan fingerprint density at radius 2 is 1.33 bits per heavy atom. The van der Waals surface area contributed by atoms with E-state index in [0.29, 0.717) is 5.33 Å². The van der Waals surface area contributed by atoms with E-state index < -0.39 is 11.3 Å². The van der Waals surface area contributed by atoms with Gasteiger partial charge in [-0.25, -0.2) is 55.8 Å². The van der Waals surface area contributed by atoms with Gasteiger partial charge < -0.3 is 0 Å². The lowest BCUT2D eigenvalue weighted by Crippen LogP contribution is -2.28. The van der Waals surface area contributed by atoms with E-state index in [1.165, 1.54) is 0 Å². The van der Waals surface area contributed by atoms with Crippen LogP contribution < -0.4 is 0 Å². The van der Waals surface area contributed by atoms with Crippen LogP contribution in [-0.4, -0.2) is 16.7 Å². The molecule has 3 aliphatic carbocycles. The Morgan fingerprint density at radius 1 is 0.796 bits per heavy atom. The molecule has 0 aromatic rings. The van der Waals surface area contributed by atoms with Crippen molar-refractivity contribution in [3.05, 3.63) is 128 Å². The average molecular weight is 710 g/mol. The summed E-state index contributed by atoms with van der Waals surface area (Å²) in [6, 6.07) is 1.97. The smallest absolute Gasteiger partial charge is 0.227 e. The van der Waals surface area contributed by atoms with Crippen LogP contribution in [0.3, 0.4) is 0 Å². The second kappa shape index (κ2) is 25.4. The van der Waals surface area contributed by atoms with Gasteiger partial charge >= 0.3 is 11.3 Å². The Hall–Kier alpha value is -5.64. The molecule has 2 atom stereocenters. The summed E-state index contributed by atoms with van der Waals surface area (Å²) >= 11 is 3.01. The van der Waals surface area contributed by atoms with Crippen molar-refractivity contribution in [1.82, 2.24) is 0 Å². The van der Waals surface area contributed by atoms with E-state index in [9.17, 15) is 0 Å². The van der Waals surface area contributed by atoms with Gasteiger partial charge in [-0.1, -0.05) is 71.8 Å². The lowest BCUT2D eigenvalue weighted by Gasteiger charge is -2.22. The van der Waals surface area contributed by atoms with Crippen LogP contribution in [0.4, 0.5) is 0 Å². The van der Waals surface area contributed by atoms with Crippen molar-refractivity contribution in [1.29, 1.82) is 5.26 Å². The summed E-state index contributed by atoms with van der Waals surface area (Å²) in [6.45, 7) is 42.8. The van der Waals surface area contributed by atoms with E-state index in [2.05, 4.69) is 82.5 Å². The highest BCUT2D eigenvalue weighted by Gasteiger charge is 2.50. The Kier molecular flexibility index (Phi) is 22.5. The maximum atomic E-state index is 8.79. The number of nitrogens with zero attached hydrogens (tertiary/aromatic N) is 6. The molecule has 0 heterocycles. The number of alkyl halides is 1. The minimum absolute atomic E-state index is 0.0813. The maximum Gasteiger partial charge on any atom is 0.517 e. The highest BCUT2D eigenvalue weighted by atomic mass is 79.9. The molecule has 7 heteroatoms. The number of hydrogen-bond donors (Lipinski definition) is 0. The van der Waals surface area contributed by atoms with E-state index >= 15 is 0 Å². The summed E-state index contributed by atoms with van der Waals surface area (Å²) < 4.78 is 0. The summed E-state index contributed by atoms with van der Waals surface area (Å²) in [7, 11) is 0. The first-order valence-electron chi connectivity index (χ1n) is 15.8. The number of allylic oxidation sites excluding steroid dienone is 6. The van der Waals surface area contributed by atoms with Crippen LogP contribution >= 0.6 is 15.9 Å². The first-order chi connectivity index (χ1) is 23.8. The molecule has 0 N–H and O–H groups in total. The third-order valence-electron chi connectivity index (χ3n) is 8.08. The zero-order chi connectivity index (χ0) is 37.0. The molecule has 0 aromatic heterocycles. The molecule has 0 radical (unpaired) electrons. The van der Waals surface area contributed by atoms with Crippen LogP contribution in [-0.2, 0) is 0 Å². The van der Waals surface area contributed by atoms with Crippen molar-refractivity contribution >= 4 is 15.9 Å². The van der Waals surface area contributed by atoms with E-state index in [-0.39, 0.29) is 30.4 Å². The molecule has 0 amide bonds. The number of hydrogen-bond acceptors (Lipinski definition) is 1. The summed E-state index contributed by atoms with van der Waals surface area (Å²) in [5, 5.41) is 9.45. The third kappa shape index (κ3) is 13.6. The largest absolute Gasteiger partial charge is 0.517 e. The Bertz CT molecular complexity index is 1670. The van der Waals surface area contributed by atoms with Crippen molar-refractivity contribution < 1.29 is 0 Å². The molecule has 49 heavy (non-hydrogen) atoms. The SMILES string of the molecule is C#CCBr.[C-]#[N+]/C(C#N)=C1\CCCCC1C=C=C.[C-]#[N+]C(CC#C)([N+]#[C-])C1=CCCCC1.[C-]#[N+]C(CC#C)([N+]#[C-])C1=CCCCC1C=C=C. The number of terminal acetylenes is 3. The fourth-order valence-corrected chi connectivity index (χ4v) is 5.69. The summed E-state index contributed by atoms with van der Waals surface area (Å²) in [5.41, 5.74) is 6.22. The molecule has 0 bridgehead atoms. The maximum absolute atomic E-state index is 8.79. The van der Waals surface area contributed by atoms with E-state index in [4.69, 9.17) is 57.4 Å². The molecular weight excluding hydrogens is 668 g/mol. The zero-order valence-electron chi connectivity index (χ0n) is 28.1. The third-order valence-corrected chi connectivity index (χ3v) is 8.41. The van der Waals surface area contributed by atoms with Crippen LogP contribution in [0.2, 0.25) is 0 Å². The topological polar surface area (TPSA) is 45.6 Å². The number of rotatable bonds is 6. The van der Waals surface area contributed by atoms with Crippen LogP contribution in [0.1, 0.15) is 83.5 Å². The van der Waals surface area contributed by atoms with Gasteiger partial charge in [-0.15, -0.1) is 30.7 Å². The number of nitriles is 1. The van der Waals surface area contributed by atoms with Gasteiger partial charge in [0.25, 0.3) is 5.70 Å². The fourth-order valence-electron chi connectivity index (χ4n) is 5.69. The lowest BCUT2D eigenvalue weighted by atomic mass is 9.79. The Labute approximate surface area is 303 Å². The molecular formula is C42H41BrN6. The second-order valence-corrected chi connectivity index (χ2v) is 11.6. The highest BCUT2D eigenvalue weighted by Crippen LogP contribution is 2.39. The van der Waals surface area contributed by atoms with Crippen molar-refractivity contribution in [3.8, 4) is 43.1 Å². The Balaban J connectivity index is 0.000000671. The predicted octanol–water partition coefficient (Wildman–Crippen LogP) is 10.9. The van der Waals surface area contributed by atoms with Gasteiger partial charge in [-0.05, 0) is 81.4 Å². The second-order valence-electron chi connectivity index (χ2n) is 11.0. The molecule has 0 aromatic carbocycles. The van der Waals surface area contributed by atoms with Gasteiger partial charge in [0.15, 0.2) is 12.8 Å². The first-order valence-corrected chi connectivity index (χ1v) is 16.9. The van der Waals surface area contributed by atoms with Gasteiger partial charge in [0, 0.05) is 5.92 Å². The van der Waals surface area contributed by atoms with E-state index in [1.807, 2.05) is 30.4 Å². The predicted molar refractivity (Wildman–Crippen MR) is 202 cm³/mol. The van der Waals surface area contributed by atoms with Crippen molar-refractivity contribution in [2.24, 2.45) is 11.8 Å². The standard InChI is InChI=1S/C15H14N2.2C12H12N2.C3H3Br/c1-5-9-13-10-7-8-11-14(13)15(16-3,17-4)12-6-2;1-4-10-12(13-2,14-3)11-8-6-5-7-9-11;1-3-6-10-7-4-5-8-11(10)12(9-13)14-2;1-2-3-4/h2,9,11,13H,1,7-8,10,12H2;1,8H,5-7,9-10H2;6,10H,1,4-5,7-8H2;1H,3H2/b;;12-11+;. The van der Waals surface area contributed by atoms with Gasteiger partial charge in [0.05, 0.1) is 23.5 Å². The van der Waals surface area contributed by atoms with E-state index in [0.717, 1.165) is 87.3 Å². The minimum atomic E-state index is -1.22. The molecule has 246 valence electrons. The van der Waals surface area contributed by atoms with Crippen molar-refractivity contribution in [2.75, 3.05) is 5.33 Å². The first kappa shape index (κ1) is 43.4. The molecule has 3 rings (SSSR count). The van der Waals surface area contributed by atoms with Crippen LogP contribution in [0.15, 0.2) is 71.3 Å². The molecule has 1 fully saturated rings. The van der Waals surface area contributed by atoms with Crippen molar-refractivity contribution in [3.63, 3.8) is 0 Å². The van der Waals surface area contributed by atoms with Crippen LogP contribution in [0.5, 0.6) is 0 Å². The molecule has 2 unspecified atom stereocenters. The highest BCUT2D eigenvalue weighted by molar-refractivity contribution is 9.09. The minimum Gasteiger partial charge on any atom is -0.227 e. The van der Waals surface area contributed by atoms with Gasteiger partial charge in [0.1, 0.15) is 5.57 Å². The molecule has 1 saturated carbocycles. The summed E-state index contributed by atoms with van der Waals surface area (Å²) in [5.74, 6) is 7.53. The summed E-state index contributed by atoms with van der Waals surface area (Å²) in [4.78, 5) is 17.1. The fraction of sp³-hybridized carbons (Fsp3) is 0.429. The average Bonchev–Trinajstić information content (AvgIpc) is 3.16. The quantitative estimate of drug-likeness (QED) is 0.0676. The zero-order valence-corrected chi connectivity index (χ0v) is 29.7. The van der Waals surface area contributed by atoms with Gasteiger partial charge in [-0.2, -0.15) is 0 Å². The van der Waals surface area contributed by atoms with E-state index in [1.54, 1.807) is 0 Å².